The Hall–Kier alpha value is -2.86. The van der Waals surface area contributed by atoms with Gasteiger partial charge in [-0.2, -0.15) is 0 Å². The molecular weight excluding hydrogens is 439 g/mol. The van der Waals surface area contributed by atoms with Gasteiger partial charge >= 0.3 is 0 Å². The predicted octanol–water partition coefficient (Wildman–Crippen LogP) is 6.83. The van der Waals surface area contributed by atoms with Crippen molar-refractivity contribution in [3.63, 3.8) is 0 Å². The van der Waals surface area contributed by atoms with Gasteiger partial charge in [-0.1, -0.05) is 64.9 Å². The number of para-hydroxylation sites is 1. The van der Waals surface area contributed by atoms with Crippen molar-refractivity contribution in [3.8, 4) is 5.75 Å². The molecule has 0 saturated carbocycles. The molecule has 4 nitrogen and oxygen atoms in total. The number of nitrogens with one attached hydrogen (secondary N) is 1. The van der Waals surface area contributed by atoms with E-state index in [-0.39, 0.29) is 12.5 Å². The van der Waals surface area contributed by atoms with Crippen LogP contribution in [0.3, 0.4) is 0 Å². The van der Waals surface area contributed by atoms with Crippen LogP contribution < -0.4 is 10.1 Å². The molecule has 1 aromatic heterocycles. The number of nitrogens with zero attached hydrogens (tertiary/aromatic N) is 1. The Kier molecular flexibility index (Phi) is 6.33. The monoisotopic (exact) mass is 454 g/mol. The summed E-state index contributed by atoms with van der Waals surface area (Å²) in [5, 5.41) is 4.51. The normalized spacial score (nSPS) is 11.1. The molecule has 0 unspecified atom stereocenters. The molecule has 0 bridgehead atoms. The number of hydrogen-bond donors (Lipinski definition) is 1. The van der Waals surface area contributed by atoms with Crippen molar-refractivity contribution in [1.82, 2.24) is 4.98 Å². The Morgan fingerprint density at radius 2 is 1.73 bits per heavy atom. The summed E-state index contributed by atoms with van der Waals surface area (Å²) in [6.07, 6.45) is 3.21. The average molecular weight is 455 g/mol. The Labute approximate surface area is 187 Å². The average Bonchev–Trinajstić information content (AvgIpc) is 3.15. The van der Waals surface area contributed by atoms with E-state index in [1.807, 2.05) is 48.5 Å². The second kappa shape index (κ2) is 9.30. The van der Waals surface area contributed by atoms with Crippen LogP contribution >= 0.6 is 34.5 Å². The second-order valence-corrected chi connectivity index (χ2v) is 8.21. The van der Waals surface area contributed by atoms with E-state index >= 15 is 0 Å². The first-order chi connectivity index (χ1) is 14.6. The molecule has 0 atom stereocenters. The molecule has 0 saturated heterocycles. The van der Waals surface area contributed by atoms with E-state index in [2.05, 4.69) is 10.3 Å². The number of benzene rings is 3. The summed E-state index contributed by atoms with van der Waals surface area (Å²) in [5.41, 5.74) is 2.49. The van der Waals surface area contributed by atoms with Crippen molar-refractivity contribution < 1.29 is 9.53 Å². The maximum atomic E-state index is 12.2. The summed E-state index contributed by atoms with van der Waals surface area (Å²) in [6, 6.07) is 20.5. The number of anilines is 1. The van der Waals surface area contributed by atoms with Gasteiger partial charge in [0, 0.05) is 21.7 Å². The van der Waals surface area contributed by atoms with E-state index in [1.165, 1.54) is 17.4 Å². The number of fused-ring (bicyclic) bond motifs is 1. The van der Waals surface area contributed by atoms with Crippen molar-refractivity contribution in [1.29, 1.82) is 0 Å². The molecule has 7 heteroatoms. The summed E-state index contributed by atoms with van der Waals surface area (Å²) in [6.45, 7) is 0.276. The lowest BCUT2D eigenvalue weighted by Crippen LogP contribution is -2.07. The van der Waals surface area contributed by atoms with E-state index in [1.54, 1.807) is 24.3 Å². The van der Waals surface area contributed by atoms with Gasteiger partial charge in [0.25, 0.3) is 0 Å². The van der Waals surface area contributed by atoms with Crippen LogP contribution in [0.2, 0.25) is 10.0 Å². The predicted molar refractivity (Wildman–Crippen MR) is 125 cm³/mol. The largest absolute Gasteiger partial charge is 0.489 e. The third-order valence-corrected chi connectivity index (χ3v) is 5.94. The summed E-state index contributed by atoms with van der Waals surface area (Å²) in [5.74, 6) is 0.449. The second-order valence-electron chi connectivity index (χ2n) is 6.37. The third-order valence-electron chi connectivity index (χ3n) is 4.28. The van der Waals surface area contributed by atoms with Crippen LogP contribution in [0.25, 0.3) is 16.3 Å². The van der Waals surface area contributed by atoms with Crippen molar-refractivity contribution in [2.75, 3.05) is 5.32 Å². The summed E-state index contributed by atoms with van der Waals surface area (Å²) in [7, 11) is 0. The minimum Gasteiger partial charge on any atom is -0.489 e. The number of ether oxygens (including phenoxy) is 1. The molecule has 0 aliphatic rings. The minimum absolute atomic E-state index is 0.234. The maximum absolute atomic E-state index is 12.2. The van der Waals surface area contributed by atoms with Gasteiger partial charge in [-0.05, 0) is 48.0 Å². The lowest BCUT2D eigenvalue weighted by molar-refractivity contribution is -0.111. The highest BCUT2D eigenvalue weighted by molar-refractivity contribution is 7.22. The van der Waals surface area contributed by atoms with E-state index < -0.39 is 0 Å². The smallest absolute Gasteiger partial charge is 0.250 e. The Balaban J connectivity index is 1.34. The van der Waals surface area contributed by atoms with E-state index in [9.17, 15) is 4.79 Å². The minimum atomic E-state index is -0.234. The van der Waals surface area contributed by atoms with Crippen LogP contribution in [-0.4, -0.2) is 10.9 Å². The highest BCUT2D eigenvalue weighted by atomic mass is 35.5. The first-order valence-electron chi connectivity index (χ1n) is 9.09. The standard InChI is InChI=1S/C23H16Cl2N2O2S/c24-18-4-3-5-19(25)17(18)14-29-16-11-8-15(9-12-16)10-13-22(28)27-23-26-20-6-1-2-7-21(20)30-23/h1-13H,14H2,(H,26,27,28)/b13-10+. The zero-order valence-electron chi connectivity index (χ0n) is 15.6. The van der Waals surface area contributed by atoms with Gasteiger partial charge in [-0.25, -0.2) is 4.98 Å². The van der Waals surface area contributed by atoms with Gasteiger partial charge in [0.15, 0.2) is 5.13 Å². The van der Waals surface area contributed by atoms with Gasteiger partial charge in [0.2, 0.25) is 5.91 Å². The van der Waals surface area contributed by atoms with Gasteiger partial charge < -0.3 is 4.74 Å². The maximum Gasteiger partial charge on any atom is 0.250 e. The molecule has 3 aromatic carbocycles. The summed E-state index contributed by atoms with van der Waals surface area (Å²) in [4.78, 5) is 16.6. The first-order valence-corrected chi connectivity index (χ1v) is 10.7. The van der Waals surface area contributed by atoms with E-state index in [4.69, 9.17) is 27.9 Å². The van der Waals surface area contributed by atoms with Crippen molar-refractivity contribution in [2.45, 2.75) is 6.61 Å². The van der Waals surface area contributed by atoms with Crippen LogP contribution in [0.4, 0.5) is 5.13 Å². The molecule has 0 spiro atoms. The van der Waals surface area contributed by atoms with Gasteiger partial charge in [0.05, 0.1) is 10.2 Å². The number of halogens is 2. The quantitative estimate of drug-likeness (QED) is 0.324. The number of amides is 1. The van der Waals surface area contributed by atoms with Gasteiger partial charge in [0.1, 0.15) is 12.4 Å². The van der Waals surface area contributed by atoms with Crippen LogP contribution in [0.5, 0.6) is 5.75 Å². The Bertz CT molecular complexity index is 1170. The molecule has 0 aliphatic heterocycles. The first kappa shape index (κ1) is 20.4. The van der Waals surface area contributed by atoms with E-state index in [0.717, 1.165) is 21.3 Å². The number of aromatic nitrogens is 1. The molecular formula is C23H16Cl2N2O2S. The van der Waals surface area contributed by atoms with Crippen LogP contribution in [0, 0.1) is 0 Å². The number of carbonyl (C=O) groups is 1. The summed E-state index contributed by atoms with van der Waals surface area (Å²) < 4.78 is 6.80. The van der Waals surface area contributed by atoms with Crippen LogP contribution in [0.15, 0.2) is 72.8 Å². The van der Waals surface area contributed by atoms with Crippen LogP contribution in [0.1, 0.15) is 11.1 Å². The van der Waals surface area contributed by atoms with Crippen molar-refractivity contribution in [2.24, 2.45) is 0 Å². The Morgan fingerprint density at radius 1 is 1.00 bits per heavy atom. The highest BCUT2D eigenvalue weighted by Gasteiger charge is 2.07. The van der Waals surface area contributed by atoms with Crippen LogP contribution in [-0.2, 0) is 11.4 Å². The van der Waals surface area contributed by atoms with Gasteiger partial charge in [-0.15, -0.1) is 0 Å². The number of hydrogen-bond acceptors (Lipinski definition) is 4. The molecule has 4 rings (SSSR count). The van der Waals surface area contributed by atoms with E-state index in [0.29, 0.717) is 20.9 Å². The molecule has 4 aromatic rings. The molecule has 1 amide bonds. The fourth-order valence-corrected chi connectivity index (χ4v) is 4.12. The SMILES string of the molecule is O=C(/C=C/c1ccc(OCc2c(Cl)cccc2Cl)cc1)Nc1nc2ccccc2s1. The van der Waals surface area contributed by atoms with Crippen molar-refractivity contribution in [3.05, 3.63) is 94.0 Å². The molecule has 1 heterocycles. The summed E-state index contributed by atoms with van der Waals surface area (Å²) >= 11 is 13.8. The molecule has 0 radical (unpaired) electrons. The molecule has 30 heavy (non-hydrogen) atoms. The third kappa shape index (κ3) is 5.00. The lowest BCUT2D eigenvalue weighted by atomic mass is 10.2. The highest BCUT2D eigenvalue weighted by Crippen LogP contribution is 2.27. The number of carbonyl (C=O) groups excluding carboxylic acids is 1. The Morgan fingerprint density at radius 3 is 2.47 bits per heavy atom. The number of rotatable bonds is 6. The van der Waals surface area contributed by atoms with Gasteiger partial charge in [-0.3, -0.25) is 10.1 Å². The molecule has 0 aliphatic carbocycles. The molecule has 150 valence electrons. The topological polar surface area (TPSA) is 51.2 Å². The fraction of sp³-hybridized carbons (Fsp3) is 0.0435. The number of thiazole rings is 1. The molecule has 0 fully saturated rings. The zero-order chi connectivity index (χ0) is 20.9. The lowest BCUT2D eigenvalue weighted by Gasteiger charge is -2.09. The zero-order valence-corrected chi connectivity index (χ0v) is 18.0. The van der Waals surface area contributed by atoms with Crippen molar-refractivity contribution >= 4 is 61.9 Å². The molecule has 1 N–H and O–H groups in total. The fourth-order valence-electron chi connectivity index (χ4n) is 2.75.